The van der Waals surface area contributed by atoms with Crippen molar-refractivity contribution in [1.82, 2.24) is 9.97 Å². The van der Waals surface area contributed by atoms with Crippen LogP contribution in [0.15, 0.2) is 12.4 Å². The Hall–Kier alpha value is -1.26. The largest absolute Gasteiger partial charge is 0.417 e. The average molecular weight is 202 g/mol. The van der Waals surface area contributed by atoms with E-state index in [-0.39, 0.29) is 11.3 Å². The Morgan fingerprint density at radius 3 is 2.43 bits per heavy atom. The standard InChI is InChI=1S/C9H12F2N2O/c1-9(2,3)6-4-7(13-5-12-6)14-8(10)11/h4-5,8H,1-3H3. The van der Waals surface area contributed by atoms with E-state index in [2.05, 4.69) is 14.7 Å². The van der Waals surface area contributed by atoms with Crippen molar-refractivity contribution in [3.8, 4) is 5.88 Å². The molecule has 0 saturated carbocycles. The highest BCUT2D eigenvalue weighted by Gasteiger charge is 2.17. The summed E-state index contributed by atoms with van der Waals surface area (Å²) in [5.74, 6) is -0.0973. The first kappa shape index (κ1) is 10.8. The molecule has 0 amide bonds. The highest BCUT2D eigenvalue weighted by Crippen LogP contribution is 2.22. The second-order valence-electron chi connectivity index (χ2n) is 3.87. The van der Waals surface area contributed by atoms with Crippen molar-refractivity contribution in [2.75, 3.05) is 0 Å². The van der Waals surface area contributed by atoms with Crippen molar-refractivity contribution in [2.45, 2.75) is 32.8 Å². The zero-order valence-electron chi connectivity index (χ0n) is 8.29. The molecule has 0 N–H and O–H groups in total. The lowest BCUT2D eigenvalue weighted by Crippen LogP contribution is -2.14. The van der Waals surface area contributed by atoms with E-state index >= 15 is 0 Å². The first-order valence-electron chi connectivity index (χ1n) is 4.17. The van der Waals surface area contributed by atoms with Gasteiger partial charge in [0.15, 0.2) is 0 Å². The molecule has 14 heavy (non-hydrogen) atoms. The third kappa shape index (κ3) is 2.90. The van der Waals surface area contributed by atoms with Crippen LogP contribution in [0.4, 0.5) is 8.78 Å². The Balaban J connectivity index is 2.90. The molecular formula is C9H12F2N2O. The molecule has 0 aliphatic rings. The number of nitrogens with zero attached hydrogens (tertiary/aromatic N) is 2. The van der Waals surface area contributed by atoms with Crippen molar-refractivity contribution in [2.24, 2.45) is 0 Å². The van der Waals surface area contributed by atoms with E-state index in [0.717, 1.165) is 0 Å². The van der Waals surface area contributed by atoms with Crippen molar-refractivity contribution in [1.29, 1.82) is 0 Å². The van der Waals surface area contributed by atoms with Gasteiger partial charge in [-0.1, -0.05) is 20.8 Å². The van der Waals surface area contributed by atoms with Crippen LogP contribution >= 0.6 is 0 Å². The number of aromatic nitrogens is 2. The summed E-state index contributed by atoms with van der Waals surface area (Å²) in [5, 5.41) is 0. The molecule has 78 valence electrons. The van der Waals surface area contributed by atoms with Gasteiger partial charge in [0.2, 0.25) is 5.88 Å². The van der Waals surface area contributed by atoms with Gasteiger partial charge in [0.1, 0.15) is 6.33 Å². The van der Waals surface area contributed by atoms with Gasteiger partial charge in [0.25, 0.3) is 0 Å². The summed E-state index contributed by atoms with van der Waals surface area (Å²) in [4.78, 5) is 7.56. The van der Waals surface area contributed by atoms with Gasteiger partial charge >= 0.3 is 6.61 Å². The lowest BCUT2D eigenvalue weighted by atomic mass is 9.92. The summed E-state index contributed by atoms with van der Waals surface area (Å²) in [7, 11) is 0. The molecule has 0 aliphatic carbocycles. The lowest BCUT2D eigenvalue weighted by molar-refractivity contribution is -0.0530. The maximum absolute atomic E-state index is 11.9. The van der Waals surface area contributed by atoms with Gasteiger partial charge in [-0.2, -0.15) is 8.78 Å². The van der Waals surface area contributed by atoms with Crippen LogP contribution in [-0.2, 0) is 5.41 Å². The van der Waals surface area contributed by atoms with E-state index in [1.807, 2.05) is 20.8 Å². The molecule has 1 aromatic heterocycles. The summed E-state index contributed by atoms with van der Waals surface area (Å²) in [6.07, 6.45) is 1.22. The van der Waals surface area contributed by atoms with E-state index in [0.29, 0.717) is 5.69 Å². The maximum Gasteiger partial charge on any atom is 0.388 e. The van der Waals surface area contributed by atoms with Gasteiger partial charge < -0.3 is 4.74 Å². The number of halogens is 2. The van der Waals surface area contributed by atoms with Gasteiger partial charge in [-0.3, -0.25) is 0 Å². The fourth-order valence-corrected chi connectivity index (χ4v) is 0.905. The number of rotatable bonds is 2. The summed E-state index contributed by atoms with van der Waals surface area (Å²) >= 11 is 0. The van der Waals surface area contributed by atoms with Gasteiger partial charge in [-0.15, -0.1) is 0 Å². The molecule has 0 aromatic carbocycles. The summed E-state index contributed by atoms with van der Waals surface area (Å²) in [6.45, 7) is 2.95. The SMILES string of the molecule is CC(C)(C)c1cc(OC(F)F)ncn1. The zero-order valence-corrected chi connectivity index (χ0v) is 8.29. The van der Waals surface area contributed by atoms with Gasteiger partial charge in [-0.05, 0) is 0 Å². The van der Waals surface area contributed by atoms with E-state index in [1.54, 1.807) is 0 Å². The van der Waals surface area contributed by atoms with Gasteiger partial charge in [0, 0.05) is 11.5 Å². The predicted molar refractivity (Wildman–Crippen MR) is 47.4 cm³/mol. The van der Waals surface area contributed by atoms with Crippen LogP contribution in [0.2, 0.25) is 0 Å². The highest BCUT2D eigenvalue weighted by atomic mass is 19.3. The lowest BCUT2D eigenvalue weighted by Gasteiger charge is -2.17. The third-order valence-electron chi connectivity index (χ3n) is 1.62. The Kier molecular flexibility index (Phi) is 2.98. The maximum atomic E-state index is 11.9. The number of alkyl halides is 2. The minimum absolute atomic E-state index is 0.0973. The third-order valence-corrected chi connectivity index (χ3v) is 1.62. The normalized spacial score (nSPS) is 11.9. The summed E-state index contributed by atoms with van der Waals surface area (Å²) in [5.41, 5.74) is 0.464. The van der Waals surface area contributed by atoms with Crippen LogP contribution in [0.3, 0.4) is 0 Å². The summed E-state index contributed by atoms with van der Waals surface area (Å²) < 4.78 is 27.9. The van der Waals surface area contributed by atoms with Gasteiger partial charge in [-0.25, -0.2) is 9.97 Å². The zero-order chi connectivity index (χ0) is 10.8. The number of hydrogen-bond donors (Lipinski definition) is 0. The van der Waals surface area contributed by atoms with Crippen molar-refractivity contribution < 1.29 is 13.5 Å². The topological polar surface area (TPSA) is 35.0 Å². The molecule has 3 nitrogen and oxygen atoms in total. The van der Waals surface area contributed by atoms with Gasteiger partial charge in [0.05, 0.1) is 5.69 Å². The van der Waals surface area contributed by atoms with Crippen LogP contribution in [0.25, 0.3) is 0 Å². The molecule has 0 saturated heterocycles. The molecule has 0 bridgehead atoms. The second-order valence-corrected chi connectivity index (χ2v) is 3.87. The Labute approximate surface area is 81.1 Å². The molecule has 0 unspecified atom stereocenters. The van der Waals surface area contributed by atoms with Crippen LogP contribution in [0, 0.1) is 0 Å². The second kappa shape index (κ2) is 3.86. The fourth-order valence-electron chi connectivity index (χ4n) is 0.905. The highest BCUT2D eigenvalue weighted by molar-refractivity contribution is 5.19. The monoisotopic (exact) mass is 202 g/mol. The molecular weight excluding hydrogens is 190 g/mol. The Bertz CT molecular complexity index is 310. The molecule has 0 atom stereocenters. The van der Waals surface area contributed by atoms with E-state index < -0.39 is 6.61 Å². The molecule has 1 heterocycles. The van der Waals surface area contributed by atoms with Crippen LogP contribution in [-0.4, -0.2) is 16.6 Å². The van der Waals surface area contributed by atoms with Crippen molar-refractivity contribution in [3.05, 3.63) is 18.1 Å². The molecule has 1 rings (SSSR count). The number of hydrogen-bond acceptors (Lipinski definition) is 3. The van der Waals surface area contributed by atoms with E-state index in [9.17, 15) is 8.78 Å². The Morgan fingerprint density at radius 1 is 1.29 bits per heavy atom. The average Bonchev–Trinajstić information content (AvgIpc) is 2.01. The van der Waals surface area contributed by atoms with Crippen LogP contribution in [0.1, 0.15) is 26.5 Å². The molecule has 0 aliphatic heterocycles. The quantitative estimate of drug-likeness (QED) is 0.738. The van der Waals surface area contributed by atoms with Crippen LogP contribution in [0.5, 0.6) is 5.88 Å². The first-order chi connectivity index (χ1) is 6.39. The molecule has 0 fully saturated rings. The first-order valence-corrected chi connectivity index (χ1v) is 4.17. The van der Waals surface area contributed by atoms with Crippen molar-refractivity contribution in [3.63, 3.8) is 0 Å². The van der Waals surface area contributed by atoms with E-state index in [1.165, 1.54) is 12.4 Å². The molecule has 0 radical (unpaired) electrons. The molecule has 1 aromatic rings. The fraction of sp³-hybridized carbons (Fsp3) is 0.556. The predicted octanol–water partition coefficient (Wildman–Crippen LogP) is 2.38. The minimum atomic E-state index is -2.85. The smallest absolute Gasteiger partial charge is 0.388 e. The summed E-state index contributed by atoms with van der Waals surface area (Å²) in [6, 6.07) is 1.42. The molecule has 5 heteroatoms. The number of ether oxygens (including phenoxy) is 1. The van der Waals surface area contributed by atoms with Crippen LogP contribution < -0.4 is 4.74 Å². The Morgan fingerprint density at radius 2 is 1.93 bits per heavy atom. The van der Waals surface area contributed by atoms with Crippen molar-refractivity contribution >= 4 is 0 Å². The molecule has 0 spiro atoms. The minimum Gasteiger partial charge on any atom is -0.417 e. The van der Waals surface area contributed by atoms with E-state index in [4.69, 9.17) is 0 Å².